The Hall–Kier alpha value is -4.46. The van der Waals surface area contributed by atoms with E-state index in [0.717, 1.165) is 10.2 Å². The van der Waals surface area contributed by atoms with E-state index in [1.807, 2.05) is 30.3 Å². The number of aryl methyl sites for hydroxylation is 1. The predicted molar refractivity (Wildman–Crippen MR) is 126 cm³/mol. The van der Waals surface area contributed by atoms with E-state index in [2.05, 4.69) is 15.6 Å². The first-order chi connectivity index (χ1) is 16.1. The number of aromatic nitrogens is 2. The highest BCUT2D eigenvalue weighted by molar-refractivity contribution is 6.04. The maximum atomic E-state index is 12.7. The number of carbonyl (C=O) groups is 1. The van der Waals surface area contributed by atoms with E-state index in [1.165, 1.54) is 13.3 Å². The fourth-order valence-electron chi connectivity index (χ4n) is 3.31. The van der Waals surface area contributed by atoms with Crippen molar-refractivity contribution in [3.05, 3.63) is 100.0 Å². The Labute approximate surface area is 190 Å². The Morgan fingerprint density at radius 2 is 1.76 bits per heavy atom. The van der Waals surface area contributed by atoms with Crippen LogP contribution in [-0.2, 0) is 13.7 Å². The van der Waals surface area contributed by atoms with Crippen LogP contribution in [0.5, 0.6) is 11.5 Å². The third kappa shape index (κ3) is 4.90. The van der Waals surface area contributed by atoms with Crippen LogP contribution in [0.15, 0.2) is 82.7 Å². The number of carbonyl (C=O) groups excluding carboxylic acids is 1. The number of nitrogens with zero attached hydrogens (tertiary/aromatic N) is 3. The Morgan fingerprint density at radius 1 is 1.03 bits per heavy atom. The Morgan fingerprint density at radius 3 is 2.52 bits per heavy atom. The highest BCUT2D eigenvalue weighted by Crippen LogP contribution is 2.28. The first-order valence-electron chi connectivity index (χ1n) is 10.2. The van der Waals surface area contributed by atoms with Crippen LogP contribution < -0.4 is 20.5 Å². The molecule has 8 nitrogen and oxygen atoms in total. The normalized spacial score (nSPS) is 11.0. The summed E-state index contributed by atoms with van der Waals surface area (Å²) in [5.74, 6) is 0.627. The van der Waals surface area contributed by atoms with Gasteiger partial charge in [0.05, 0.1) is 18.7 Å². The lowest BCUT2D eigenvalue weighted by molar-refractivity contribution is 0.0950. The second-order valence-electron chi connectivity index (χ2n) is 7.21. The van der Waals surface area contributed by atoms with Gasteiger partial charge in [0.1, 0.15) is 6.61 Å². The van der Waals surface area contributed by atoms with Gasteiger partial charge >= 0.3 is 0 Å². The number of amides is 1. The zero-order chi connectivity index (χ0) is 23.2. The van der Waals surface area contributed by atoms with E-state index >= 15 is 0 Å². The van der Waals surface area contributed by atoms with Crippen LogP contribution in [0.3, 0.4) is 0 Å². The molecule has 0 saturated heterocycles. The number of benzene rings is 3. The summed E-state index contributed by atoms with van der Waals surface area (Å²) in [6.07, 6.45) is 1.50. The first kappa shape index (κ1) is 21.8. The maximum Gasteiger partial charge on any atom is 0.292 e. The van der Waals surface area contributed by atoms with Crippen LogP contribution in [0, 0.1) is 0 Å². The van der Waals surface area contributed by atoms with E-state index in [1.54, 1.807) is 49.6 Å². The van der Waals surface area contributed by atoms with Crippen LogP contribution in [-0.4, -0.2) is 29.0 Å². The number of nitrogens with one attached hydrogen (secondary N) is 1. The molecule has 0 aliphatic heterocycles. The number of fused-ring (bicyclic) bond motifs is 1. The molecule has 33 heavy (non-hydrogen) atoms. The average molecular weight is 442 g/mol. The number of hydrogen-bond donors (Lipinski definition) is 1. The van der Waals surface area contributed by atoms with Gasteiger partial charge < -0.3 is 9.47 Å². The molecule has 4 rings (SSSR count). The van der Waals surface area contributed by atoms with E-state index in [-0.39, 0.29) is 11.3 Å². The van der Waals surface area contributed by atoms with Gasteiger partial charge in [-0.2, -0.15) is 10.2 Å². The zero-order valence-corrected chi connectivity index (χ0v) is 18.2. The van der Waals surface area contributed by atoms with Crippen LogP contribution in [0.25, 0.3) is 10.8 Å². The van der Waals surface area contributed by atoms with Crippen LogP contribution in [0.4, 0.5) is 0 Å². The molecule has 0 spiro atoms. The summed E-state index contributed by atoms with van der Waals surface area (Å²) in [6, 6.07) is 22.0. The summed E-state index contributed by atoms with van der Waals surface area (Å²) in [7, 11) is 3.08. The SMILES string of the molecule is COc1ccc(/C=N/NC(=O)c2nn(C)c(=O)c3ccccc23)cc1OCc1ccccc1. The third-order valence-corrected chi connectivity index (χ3v) is 4.98. The minimum absolute atomic E-state index is 0.117. The minimum Gasteiger partial charge on any atom is -0.493 e. The van der Waals surface area contributed by atoms with Gasteiger partial charge in [-0.3, -0.25) is 9.59 Å². The van der Waals surface area contributed by atoms with Gasteiger partial charge in [-0.15, -0.1) is 0 Å². The van der Waals surface area contributed by atoms with Gasteiger partial charge in [0.2, 0.25) is 0 Å². The lowest BCUT2D eigenvalue weighted by atomic mass is 10.1. The smallest absolute Gasteiger partial charge is 0.292 e. The quantitative estimate of drug-likeness (QED) is 0.350. The van der Waals surface area contributed by atoms with Gasteiger partial charge in [-0.05, 0) is 35.4 Å². The number of hydrogen-bond acceptors (Lipinski definition) is 6. The molecule has 0 fully saturated rings. The molecular formula is C25H22N4O4. The summed E-state index contributed by atoms with van der Waals surface area (Å²) in [5.41, 5.74) is 4.05. The van der Waals surface area contributed by atoms with E-state index in [0.29, 0.717) is 34.4 Å². The van der Waals surface area contributed by atoms with Crippen molar-refractivity contribution in [2.24, 2.45) is 12.1 Å². The zero-order valence-electron chi connectivity index (χ0n) is 18.2. The highest BCUT2D eigenvalue weighted by atomic mass is 16.5. The van der Waals surface area contributed by atoms with E-state index in [4.69, 9.17) is 9.47 Å². The number of rotatable bonds is 7. The molecule has 1 amide bonds. The number of ether oxygens (including phenoxy) is 2. The first-order valence-corrected chi connectivity index (χ1v) is 10.2. The molecular weight excluding hydrogens is 420 g/mol. The van der Waals surface area contributed by atoms with Crippen molar-refractivity contribution in [3.63, 3.8) is 0 Å². The largest absolute Gasteiger partial charge is 0.493 e. The Kier molecular flexibility index (Phi) is 6.45. The van der Waals surface area contributed by atoms with Crippen LogP contribution >= 0.6 is 0 Å². The lowest BCUT2D eigenvalue weighted by Crippen LogP contribution is -2.27. The highest BCUT2D eigenvalue weighted by Gasteiger charge is 2.15. The molecule has 0 unspecified atom stereocenters. The molecule has 8 heteroatoms. The number of hydrazone groups is 1. The average Bonchev–Trinajstić information content (AvgIpc) is 2.85. The Balaban J connectivity index is 1.50. The topological polar surface area (TPSA) is 94.8 Å². The molecule has 0 atom stereocenters. The van der Waals surface area contributed by atoms with Crippen molar-refractivity contribution >= 4 is 22.9 Å². The summed E-state index contributed by atoms with van der Waals surface area (Å²) >= 11 is 0. The monoisotopic (exact) mass is 442 g/mol. The second-order valence-corrected chi connectivity index (χ2v) is 7.21. The molecule has 3 aromatic carbocycles. The molecule has 0 aliphatic rings. The summed E-state index contributed by atoms with van der Waals surface area (Å²) in [4.78, 5) is 24.9. The van der Waals surface area contributed by atoms with E-state index in [9.17, 15) is 9.59 Å². The van der Waals surface area contributed by atoms with Crippen LogP contribution in [0.1, 0.15) is 21.6 Å². The van der Waals surface area contributed by atoms with Crippen molar-refractivity contribution in [3.8, 4) is 11.5 Å². The molecule has 4 aromatic rings. The predicted octanol–water partition coefficient (Wildman–Crippen LogP) is 3.29. The van der Waals surface area contributed by atoms with Gasteiger partial charge in [-0.25, -0.2) is 10.1 Å². The second kappa shape index (κ2) is 9.78. The molecule has 1 N–H and O–H groups in total. The molecule has 166 valence electrons. The molecule has 0 bridgehead atoms. The van der Waals surface area contributed by atoms with Crippen molar-refractivity contribution < 1.29 is 14.3 Å². The lowest BCUT2D eigenvalue weighted by Gasteiger charge is -2.11. The molecule has 0 saturated carbocycles. The molecule has 1 aromatic heterocycles. The van der Waals surface area contributed by atoms with Crippen molar-refractivity contribution in [1.82, 2.24) is 15.2 Å². The van der Waals surface area contributed by atoms with Gasteiger partial charge in [0.25, 0.3) is 11.5 Å². The summed E-state index contributed by atoms with van der Waals surface area (Å²) in [6.45, 7) is 0.389. The fourth-order valence-corrected chi connectivity index (χ4v) is 3.31. The Bertz CT molecular complexity index is 1380. The minimum atomic E-state index is -0.521. The van der Waals surface area contributed by atoms with Crippen molar-refractivity contribution in [2.45, 2.75) is 6.61 Å². The summed E-state index contributed by atoms with van der Waals surface area (Å²) < 4.78 is 12.4. The molecule has 0 aliphatic carbocycles. The molecule has 0 radical (unpaired) electrons. The van der Waals surface area contributed by atoms with E-state index < -0.39 is 5.91 Å². The molecule has 1 heterocycles. The van der Waals surface area contributed by atoms with Crippen molar-refractivity contribution in [2.75, 3.05) is 7.11 Å². The van der Waals surface area contributed by atoms with Gasteiger partial charge in [-0.1, -0.05) is 48.5 Å². The maximum absolute atomic E-state index is 12.7. The fraction of sp³-hybridized carbons (Fsp3) is 0.120. The van der Waals surface area contributed by atoms with Gasteiger partial charge in [0, 0.05) is 12.4 Å². The third-order valence-electron chi connectivity index (χ3n) is 4.98. The van der Waals surface area contributed by atoms with Gasteiger partial charge in [0.15, 0.2) is 17.2 Å². The van der Waals surface area contributed by atoms with Crippen molar-refractivity contribution in [1.29, 1.82) is 0 Å². The number of methoxy groups -OCH3 is 1. The van der Waals surface area contributed by atoms with Crippen LogP contribution in [0.2, 0.25) is 0 Å². The summed E-state index contributed by atoms with van der Waals surface area (Å²) in [5, 5.41) is 9.02. The standard InChI is InChI=1S/C25H22N4O4/c1-29-25(31)20-11-7-6-10-19(20)23(28-29)24(30)27-26-15-18-12-13-21(32-2)22(14-18)33-16-17-8-4-3-5-9-17/h3-15H,16H2,1-2H3,(H,27,30)/b26-15+.